The third-order valence-corrected chi connectivity index (χ3v) is 4.55. The van der Waals surface area contributed by atoms with Gasteiger partial charge in [0.1, 0.15) is 11.9 Å². The Balaban J connectivity index is 1.74. The summed E-state index contributed by atoms with van der Waals surface area (Å²) in [5.74, 6) is -0.568. The predicted molar refractivity (Wildman–Crippen MR) is 106 cm³/mol. The molecule has 0 radical (unpaired) electrons. The maximum absolute atomic E-state index is 14.7. The van der Waals surface area contributed by atoms with E-state index < -0.39 is 18.0 Å². The molecule has 28 heavy (non-hydrogen) atoms. The first-order valence-electron chi connectivity index (χ1n) is 8.98. The largest absolute Gasteiger partial charge is 0.442 e. The van der Waals surface area contributed by atoms with Gasteiger partial charge in [0.25, 0.3) is 0 Å². The van der Waals surface area contributed by atoms with Crippen LogP contribution in [0.5, 0.6) is 0 Å². The number of ether oxygens (including phenoxy) is 1. The molecule has 1 saturated heterocycles. The second-order valence-electron chi connectivity index (χ2n) is 6.54. The van der Waals surface area contributed by atoms with Gasteiger partial charge in [-0.25, -0.2) is 9.18 Å². The van der Waals surface area contributed by atoms with Crippen molar-refractivity contribution in [3.8, 4) is 11.1 Å². The van der Waals surface area contributed by atoms with Gasteiger partial charge in [0.05, 0.1) is 18.8 Å². The molecule has 0 saturated carbocycles. The Hall–Kier alpha value is -3.35. The highest BCUT2D eigenvalue weighted by Gasteiger charge is 2.32. The fourth-order valence-corrected chi connectivity index (χ4v) is 2.96. The van der Waals surface area contributed by atoms with Crippen molar-refractivity contribution in [1.29, 1.82) is 0 Å². The molecule has 1 heterocycles. The molecule has 6 nitrogen and oxygen atoms in total. The number of carbonyl (C=O) groups excluding carboxylic acids is 2. The molecule has 1 aliphatic rings. The number of halogens is 1. The third-order valence-electron chi connectivity index (χ3n) is 4.55. The third kappa shape index (κ3) is 4.14. The first kappa shape index (κ1) is 19.4. The fraction of sp³-hybridized carbons (Fsp3) is 0.238. The van der Waals surface area contributed by atoms with Gasteiger partial charge in [-0.3, -0.25) is 9.69 Å². The average molecular weight is 383 g/mol. The highest BCUT2D eigenvalue weighted by atomic mass is 19.1. The van der Waals surface area contributed by atoms with Crippen molar-refractivity contribution in [1.82, 2.24) is 5.32 Å². The number of nitrogens with zero attached hydrogens (tertiary/aromatic N) is 1. The number of hydrogen-bond acceptors (Lipinski definition) is 4. The van der Waals surface area contributed by atoms with Crippen molar-refractivity contribution in [3.63, 3.8) is 0 Å². The summed E-state index contributed by atoms with van der Waals surface area (Å²) in [6.45, 7) is 5.89. The van der Waals surface area contributed by atoms with Crippen LogP contribution in [0.4, 0.5) is 14.9 Å². The van der Waals surface area contributed by atoms with Crippen LogP contribution in [0, 0.1) is 5.82 Å². The second-order valence-corrected chi connectivity index (χ2v) is 6.54. The Morgan fingerprint density at radius 3 is 2.64 bits per heavy atom. The van der Waals surface area contributed by atoms with E-state index in [2.05, 4.69) is 11.9 Å². The topological polar surface area (TPSA) is 84.7 Å². The van der Waals surface area contributed by atoms with E-state index in [0.717, 1.165) is 5.56 Å². The summed E-state index contributed by atoms with van der Waals surface area (Å²) in [5, 5.41) is 2.69. The lowest BCUT2D eigenvalue weighted by Crippen LogP contribution is -2.34. The average Bonchev–Trinajstić information content (AvgIpc) is 3.06. The van der Waals surface area contributed by atoms with E-state index in [1.807, 2.05) is 0 Å². The van der Waals surface area contributed by atoms with Crippen molar-refractivity contribution in [2.45, 2.75) is 19.4 Å². The van der Waals surface area contributed by atoms with E-state index in [-0.39, 0.29) is 19.0 Å². The van der Waals surface area contributed by atoms with Crippen molar-refractivity contribution >= 4 is 23.4 Å². The van der Waals surface area contributed by atoms with E-state index in [0.29, 0.717) is 28.9 Å². The molecule has 2 amide bonds. The molecule has 0 aliphatic carbocycles. The molecule has 1 atom stereocenters. The number of carbonyl (C=O) groups is 2. The molecule has 0 aromatic heterocycles. The Morgan fingerprint density at radius 1 is 1.32 bits per heavy atom. The van der Waals surface area contributed by atoms with Crippen LogP contribution < -0.4 is 16.0 Å². The van der Waals surface area contributed by atoms with Gasteiger partial charge in [0.15, 0.2) is 0 Å². The van der Waals surface area contributed by atoms with Crippen molar-refractivity contribution in [2.75, 3.05) is 18.0 Å². The van der Waals surface area contributed by atoms with Gasteiger partial charge in [0, 0.05) is 17.7 Å². The van der Waals surface area contributed by atoms with Gasteiger partial charge in [-0.05, 0) is 29.3 Å². The number of nitrogens with one attached hydrogen (secondary N) is 1. The first-order valence-corrected chi connectivity index (χ1v) is 8.98. The van der Waals surface area contributed by atoms with Crippen LogP contribution >= 0.6 is 0 Å². The lowest BCUT2D eigenvalue weighted by molar-refractivity contribution is -0.121. The van der Waals surface area contributed by atoms with E-state index >= 15 is 0 Å². The summed E-state index contributed by atoms with van der Waals surface area (Å²) < 4.78 is 19.9. The highest BCUT2D eigenvalue weighted by molar-refractivity contribution is 5.90. The SMILES string of the molecule is C=C(N)c1ccc(-c2ccc(N3CC(CNC(=O)CC)OC3=O)cc2F)cc1. The zero-order chi connectivity index (χ0) is 20.3. The molecule has 0 spiro atoms. The number of cyclic esters (lactones) is 1. The molecule has 0 bridgehead atoms. The molecule has 1 unspecified atom stereocenters. The molecule has 146 valence electrons. The summed E-state index contributed by atoms with van der Waals surface area (Å²) in [5.41, 5.74) is 8.39. The number of nitrogens with two attached hydrogens (primary N) is 1. The fourth-order valence-electron chi connectivity index (χ4n) is 2.96. The predicted octanol–water partition coefficient (Wildman–Crippen LogP) is 3.27. The van der Waals surface area contributed by atoms with Crippen molar-refractivity contribution in [2.24, 2.45) is 5.73 Å². The number of hydrogen-bond donors (Lipinski definition) is 2. The summed E-state index contributed by atoms with van der Waals surface area (Å²) in [4.78, 5) is 24.8. The Morgan fingerprint density at radius 2 is 2.04 bits per heavy atom. The maximum atomic E-state index is 14.7. The molecular formula is C21H22FN3O3. The molecular weight excluding hydrogens is 361 g/mol. The summed E-state index contributed by atoms with van der Waals surface area (Å²) in [6.07, 6.45) is -0.673. The second kappa shape index (κ2) is 8.12. The van der Waals surface area contributed by atoms with Crippen LogP contribution in [0.3, 0.4) is 0 Å². The minimum absolute atomic E-state index is 0.117. The minimum atomic E-state index is -0.561. The van der Waals surface area contributed by atoms with E-state index in [1.54, 1.807) is 43.3 Å². The van der Waals surface area contributed by atoms with Gasteiger partial charge in [0.2, 0.25) is 5.91 Å². The molecule has 2 aromatic carbocycles. The lowest BCUT2D eigenvalue weighted by Gasteiger charge is -2.15. The van der Waals surface area contributed by atoms with Crippen LogP contribution in [0.2, 0.25) is 0 Å². The molecule has 7 heteroatoms. The number of benzene rings is 2. The lowest BCUT2D eigenvalue weighted by atomic mass is 10.0. The molecule has 1 fully saturated rings. The van der Waals surface area contributed by atoms with E-state index in [1.165, 1.54) is 11.0 Å². The van der Waals surface area contributed by atoms with Gasteiger partial charge in [-0.2, -0.15) is 0 Å². The van der Waals surface area contributed by atoms with Gasteiger partial charge < -0.3 is 15.8 Å². The Bertz CT molecular complexity index is 912. The molecule has 2 aromatic rings. The Kier molecular flexibility index (Phi) is 5.63. The summed E-state index contributed by atoms with van der Waals surface area (Å²) in [7, 11) is 0. The van der Waals surface area contributed by atoms with Crippen LogP contribution in [0.1, 0.15) is 18.9 Å². The van der Waals surface area contributed by atoms with Crippen molar-refractivity contribution in [3.05, 3.63) is 60.4 Å². The zero-order valence-corrected chi connectivity index (χ0v) is 15.6. The van der Waals surface area contributed by atoms with Crippen LogP contribution in [0.15, 0.2) is 49.0 Å². The van der Waals surface area contributed by atoms with Gasteiger partial charge in [-0.1, -0.05) is 37.8 Å². The van der Waals surface area contributed by atoms with Gasteiger partial charge in [-0.15, -0.1) is 0 Å². The standard InChI is InChI=1S/C21H22FN3O3/c1-3-20(26)24-11-17-12-25(21(27)28-17)16-8-9-18(19(22)10-16)15-6-4-14(5-7-15)13(2)23/h4-10,17H,2-3,11-12,23H2,1H3,(H,24,26). The number of rotatable bonds is 6. The number of anilines is 1. The minimum Gasteiger partial charge on any atom is -0.442 e. The quantitative estimate of drug-likeness (QED) is 0.802. The smallest absolute Gasteiger partial charge is 0.414 e. The summed E-state index contributed by atoms with van der Waals surface area (Å²) in [6, 6.07) is 11.7. The van der Waals surface area contributed by atoms with Gasteiger partial charge >= 0.3 is 6.09 Å². The van der Waals surface area contributed by atoms with E-state index in [4.69, 9.17) is 10.5 Å². The van der Waals surface area contributed by atoms with Crippen LogP contribution in [-0.4, -0.2) is 31.2 Å². The monoisotopic (exact) mass is 383 g/mol. The Labute approximate surface area is 162 Å². The van der Waals surface area contributed by atoms with Crippen LogP contribution in [-0.2, 0) is 9.53 Å². The van der Waals surface area contributed by atoms with Crippen molar-refractivity contribution < 1.29 is 18.7 Å². The zero-order valence-electron chi connectivity index (χ0n) is 15.6. The van der Waals surface area contributed by atoms with Crippen LogP contribution in [0.25, 0.3) is 16.8 Å². The highest BCUT2D eigenvalue weighted by Crippen LogP contribution is 2.29. The molecule has 3 rings (SSSR count). The number of amides is 2. The first-order chi connectivity index (χ1) is 13.4. The maximum Gasteiger partial charge on any atom is 0.414 e. The van der Waals surface area contributed by atoms with E-state index in [9.17, 15) is 14.0 Å². The molecule has 1 aliphatic heterocycles. The normalized spacial score (nSPS) is 16.0. The molecule has 3 N–H and O–H groups in total. The summed E-state index contributed by atoms with van der Waals surface area (Å²) >= 11 is 0.